The van der Waals surface area contributed by atoms with Gasteiger partial charge in [-0.05, 0) is 37.8 Å². The van der Waals surface area contributed by atoms with Crippen molar-refractivity contribution in [2.24, 2.45) is 11.5 Å². The quantitative estimate of drug-likeness (QED) is 0.209. The molecule has 9 nitrogen and oxygen atoms in total. The second-order valence-electron chi connectivity index (χ2n) is 5.32. The molecule has 0 heterocycles. The molecule has 2 amide bonds. The van der Waals surface area contributed by atoms with Gasteiger partial charge in [-0.15, -0.1) is 0 Å². The summed E-state index contributed by atoms with van der Waals surface area (Å²) < 4.78 is 0. The molecule has 0 radical (unpaired) electrons. The van der Waals surface area contributed by atoms with E-state index in [1.165, 1.54) is 11.8 Å². The van der Waals surface area contributed by atoms with Gasteiger partial charge in [0.25, 0.3) is 0 Å². The first kappa shape index (κ1) is 22.6. The van der Waals surface area contributed by atoms with E-state index in [0.717, 1.165) is 6.42 Å². The SMILES string of the molecule is CSCCC(NC(=O)C(CO)NC(=O)C(N)CCCCN)C(=O)O. The van der Waals surface area contributed by atoms with Crippen LogP contribution in [0.25, 0.3) is 0 Å². The van der Waals surface area contributed by atoms with Gasteiger partial charge in [0.2, 0.25) is 11.8 Å². The lowest BCUT2D eigenvalue weighted by Crippen LogP contribution is -2.55. The van der Waals surface area contributed by atoms with Crippen molar-refractivity contribution in [2.75, 3.05) is 25.2 Å². The predicted molar refractivity (Wildman–Crippen MR) is 92.5 cm³/mol. The van der Waals surface area contributed by atoms with Crippen LogP contribution in [0.3, 0.4) is 0 Å². The Morgan fingerprint density at radius 1 is 1.08 bits per heavy atom. The Kier molecular flexibility index (Phi) is 12.3. The maximum absolute atomic E-state index is 12.1. The molecule has 0 aliphatic carbocycles. The highest BCUT2D eigenvalue weighted by atomic mass is 32.2. The van der Waals surface area contributed by atoms with E-state index in [0.29, 0.717) is 25.1 Å². The molecule has 0 aromatic heterocycles. The number of unbranched alkanes of at least 4 members (excludes halogenated alkanes) is 1. The lowest BCUT2D eigenvalue weighted by atomic mass is 10.1. The van der Waals surface area contributed by atoms with Crippen LogP contribution in [0.1, 0.15) is 25.7 Å². The second-order valence-corrected chi connectivity index (χ2v) is 6.30. The number of hydrogen-bond acceptors (Lipinski definition) is 7. The molecular weight excluding hydrogens is 336 g/mol. The molecule has 8 N–H and O–H groups in total. The van der Waals surface area contributed by atoms with E-state index in [1.807, 2.05) is 6.26 Å². The standard InChI is InChI=1S/C14H28N4O5S/c1-24-7-5-10(14(22)23)17-13(21)11(8-19)18-12(20)9(16)4-2-3-6-15/h9-11,19H,2-8,15-16H2,1H3,(H,17,21)(H,18,20)(H,22,23). The summed E-state index contributed by atoms with van der Waals surface area (Å²) in [5, 5.41) is 23.0. The van der Waals surface area contributed by atoms with Crippen LogP contribution in [0.2, 0.25) is 0 Å². The number of nitrogens with one attached hydrogen (secondary N) is 2. The number of hydrogen-bond donors (Lipinski definition) is 6. The van der Waals surface area contributed by atoms with Crippen molar-refractivity contribution >= 4 is 29.5 Å². The molecule has 0 aliphatic heterocycles. The summed E-state index contributed by atoms with van der Waals surface area (Å²) in [4.78, 5) is 35.1. The minimum atomic E-state index is -1.24. The van der Waals surface area contributed by atoms with E-state index in [2.05, 4.69) is 10.6 Å². The molecule has 0 spiro atoms. The number of carboxylic acids is 1. The third-order valence-electron chi connectivity index (χ3n) is 3.35. The van der Waals surface area contributed by atoms with Crippen LogP contribution in [0, 0.1) is 0 Å². The molecule has 140 valence electrons. The molecule has 0 fully saturated rings. The highest BCUT2D eigenvalue weighted by Gasteiger charge is 2.27. The molecule has 0 saturated heterocycles. The monoisotopic (exact) mass is 364 g/mol. The summed E-state index contributed by atoms with van der Waals surface area (Å²) in [6.45, 7) is -0.148. The van der Waals surface area contributed by atoms with Crippen molar-refractivity contribution in [3.8, 4) is 0 Å². The fourth-order valence-corrected chi connectivity index (χ4v) is 2.35. The molecule has 0 rings (SSSR count). The zero-order valence-electron chi connectivity index (χ0n) is 13.9. The molecular formula is C14H28N4O5S. The molecule has 24 heavy (non-hydrogen) atoms. The van der Waals surface area contributed by atoms with Crippen LogP contribution < -0.4 is 22.1 Å². The lowest BCUT2D eigenvalue weighted by molar-refractivity contribution is -0.142. The summed E-state index contributed by atoms with van der Waals surface area (Å²) in [5.74, 6) is -1.94. The van der Waals surface area contributed by atoms with Crippen LogP contribution in [0.4, 0.5) is 0 Å². The summed E-state index contributed by atoms with van der Waals surface area (Å²) in [7, 11) is 0. The number of carbonyl (C=O) groups is 3. The van der Waals surface area contributed by atoms with Crippen molar-refractivity contribution in [1.82, 2.24) is 10.6 Å². The van der Waals surface area contributed by atoms with Crippen LogP contribution in [-0.4, -0.2) is 71.3 Å². The Balaban J connectivity index is 4.56. The molecule has 0 aromatic carbocycles. The highest BCUT2D eigenvalue weighted by Crippen LogP contribution is 2.02. The number of carbonyl (C=O) groups excluding carboxylic acids is 2. The fraction of sp³-hybridized carbons (Fsp3) is 0.786. The third kappa shape index (κ3) is 9.06. The van der Waals surface area contributed by atoms with Gasteiger partial charge < -0.3 is 32.3 Å². The number of amides is 2. The Bertz CT molecular complexity index is 411. The number of thioether (sulfide) groups is 1. The number of rotatable bonds is 13. The van der Waals surface area contributed by atoms with E-state index in [-0.39, 0.29) is 6.42 Å². The van der Waals surface area contributed by atoms with Crippen molar-refractivity contribution in [3.63, 3.8) is 0 Å². The summed E-state index contributed by atoms with van der Waals surface area (Å²) in [6.07, 6.45) is 3.89. The van der Waals surface area contributed by atoms with Crippen molar-refractivity contribution in [1.29, 1.82) is 0 Å². The van der Waals surface area contributed by atoms with E-state index >= 15 is 0 Å². The van der Waals surface area contributed by atoms with Gasteiger partial charge in [-0.25, -0.2) is 4.79 Å². The van der Waals surface area contributed by atoms with Gasteiger partial charge in [0.05, 0.1) is 12.6 Å². The van der Waals surface area contributed by atoms with Gasteiger partial charge >= 0.3 is 5.97 Å². The molecule has 3 unspecified atom stereocenters. The second kappa shape index (κ2) is 13.0. The molecule has 0 saturated carbocycles. The first-order valence-electron chi connectivity index (χ1n) is 7.76. The predicted octanol–water partition coefficient (Wildman–Crippen LogP) is -1.76. The molecule has 0 aromatic rings. The van der Waals surface area contributed by atoms with E-state index < -0.39 is 42.5 Å². The van der Waals surface area contributed by atoms with Crippen molar-refractivity contribution in [3.05, 3.63) is 0 Å². The van der Waals surface area contributed by atoms with E-state index in [4.69, 9.17) is 16.6 Å². The van der Waals surface area contributed by atoms with Gasteiger partial charge in [0.1, 0.15) is 12.1 Å². The van der Waals surface area contributed by atoms with Gasteiger partial charge in [-0.2, -0.15) is 11.8 Å². The van der Waals surface area contributed by atoms with Crippen LogP contribution in [-0.2, 0) is 14.4 Å². The van der Waals surface area contributed by atoms with Gasteiger partial charge in [-0.1, -0.05) is 6.42 Å². The van der Waals surface area contributed by atoms with Crippen molar-refractivity contribution < 1.29 is 24.6 Å². The molecule has 3 atom stereocenters. The number of nitrogens with two attached hydrogens (primary N) is 2. The topological polar surface area (TPSA) is 168 Å². The van der Waals surface area contributed by atoms with Gasteiger partial charge in [-0.3, -0.25) is 9.59 Å². The third-order valence-corrected chi connectivity index (χ3v) is 3.99. The Morgan fingerprint density at radius 2 is 1.71 bits per heavy atom. The maximum atomic E-state index is 12.1. The zero-order valence-corrected chi connectivity index (χ0v) is 14.7. The molecule has 10 heteroatoms. The first-order valence-corrected chi connectivity index (χ1v) is 9.15. The average molecular weight is 364 g/mol. The minimum absolute atomic E-state index is 0.243. The average Bonchev–Trinajstić information content (AvgIpc) is 2.55. The van der Waals surface area contributed by atoms with E-state index in [9.17, 15) is 19.5 Å². The summed E-state index contributed by atoms with van der Waals surface area (Å²) in [5.41, 5.74) is 11.1. The fourth-order valence-electron chi connectivity index (χ4n) is 1.88. The lowest BCUT2D eigenvalue weighted by Gasteiger charge is -2.21. The number of aliphatic hydroxyl groups is 1. The summed E-state index contributed by atoms with van der Waals surface area (Å²) >= 11 is 1.45. The van der Waals surface area contributed by atoms with Gasteiger partial charge in [0, 0.05) is 0 Å². The van der Waals surface area contributed by atoms with Crippen LogP contribution in [0.5, 0.6) is 0 Å². The Labute approximate surface area is 145 Å². The van der Waals surface area contributed by atoms with Crippen LogP contribution >= 0.6 is 11.8 Å². The normalized spacial score (nSPS) is 14.5. The largest absolute Gasteiger partial charge is 0.480 e. The number of aliphatic hydroxyl groups excluding tert-OH is 1. The molecule has 0 aliphatic rings. The van der Waals surface area contributed by atoms with Crippen molar-refractivity contribution in [2.45, 2.75) is 43.8 Å². The summed E-state index contributed by atoms with van der Waals surface area (Å²) in [6, 6.07) is -3.13. The van der Waals surface area contributed by atoms with Crippen LogP contribution in [0.15, 0.2) is 0 Å². The Morgan fingerprint density at radius 3 is 2.21 bits per heavy atom. The molecule has 0 bridgehead atoms. The number of aliphatic carboxylic acids is 1. The van der Waals surface area contributed by atoms with E-state index in [1.54, 1.807) is 0 Å². The smallest absolute Gasteiger partial charge is 0.326 e. The minimum Gasteiger partial charge on any atom is -0.480 e. The Hall–Kier alpha value is -1.36. The first-order chi connectivity index (χ1) is 11.4. The zero-order chi connectivity index (χ0) is 18.5. The highest BCUT2D eigenvalue weighted by molar-refractivity contribution is 7.98. The van der Waals surface area contributed by atoms with Gasteiger partial charge in [0.15, 0.2) is 0 Å². The maximum Gasteiger partial charge on any atom is 0.326 e. The number of carboxylic acid groups (broad SMARTS) is 1.